The third kappa shape index (κ3) is 6.22. The number of nitrogens with zero attached hydrogens (tertiary/aromatic N) is 3. The SMILES string of the molecule is CC(=O)Cc1cccc(-n2c(=O)n(C3CC3)c(=O)c3c(Cc4ccc(C)cc4F)n(C)c(=O)c(C)c32)c1.CS(C)=O. The number of carbonyl (C=O) groups is 1. The van der Waals surface area contributed by atoms with Crippen LogP contribution in [0.5, 0.6) is 0 Å². The van der Waals surface area contributed by atoms with E-state index >= 15 is 0 Å². The van der Waals surface area contributed by atoms with Crippen LogP contribution in [0.1, 0.15) is 53.8 Å². The lowest BCUT2D eigenvalue weighted by atomic mass is 10.0. The zero-order valence-corrected chi connectivity index (χ0v) is 24.9. The summed E-state index contributed by atoms with van der Waals surface area (Å²) in [6.07, 6.45) is 4.90. The summed E-state index contributed by atoms with van der Waals surface area (Å²) in [6.45, 7) is 4.88. The fourth-order valence-electron chi connectivity index (χ4n) is 5.05. The van der Waals surface area contributed by atoms with Gasteiger partial charge in [-0.3, -0.25) is 27.7 Å². The molecule has 0 N–H and O–H groups in total. The summed E-state index contributed by atoms with van der Waals surface area (Å²) in [7, 11) is 0.958. The molecule has 8 nitrogen and oxygen atoms in total. The molecule has 1 aliphatic rings. The first-order valence-corrected chi connectivity index (χ1v) is 15.3. The molecule has 0 saturated heterocycles. The second kappa shape index (κ2) is 11.9. The van der Waals surface area contributed by atoms with Gasteiger partial charge in [0.15, 0.2) is 0 Å². The summed E-state index contributed by atoms with van der Waals surface area (Å²) < 4.78 is 28.5. The van der Waals surface area contributed by atoms with E-state index in [1.807, 2.05) is 0 Å². The predicted molar refractivity (Wildman–Crippen MR) is 160 cm³/mol. The van der Waals surface area contributed by atoms with Crippen molar-refractivity contribution in [3.63, 3.8) is 0 Å². The number of halogens is 1. The number of rotatable bonds is 6. The Morgan fingerprint density at radius 2 is 1.68 bits per heavy atom. The number of pyridine rings is 1. The van der Waals surface area contributed by atoms with Gasteiger partial charge in [0.05, 0.1) is 16.6 Å². The molecule has 0 radical (unpaired) electrons. The van der Waals surface area contributed by atoms with Crippen molar-refractivity contribution in [2.24, 2.45) is 7.05 Å². The molecule has 0 amide bonds. The highest BCUT2D eigenvalue weighted by Gasteiger charge is 2.31. The highest BCUT2D eigenvalue weighted by Crippen LogP contribution is 2.33. The van der Waals surface area contributed by atoms with Crippen LogP contribution >= 0.6 is 0 Å². The maximum atomic E-state index is 14.9. The molecule has 0 spiro atoms. The quantitative estimate of drug-likeness (QED) is 0.347. The Morgan fingerprint density at radius 3 is 2.27 bits per heavy atom. The minimum absolute atomic E-state index is 0.0110. The van der Waals surface area contributed by atoms with Gasteiger partial charge in [-0.2, -0.15) is 0 Å². The highest BCUT2D eigenvalue weighted by atomic mass is 32.2. The van der Waals surface area contributed by atoms with E-state index in [9.17, 15) is 27.8 Å². The highest BCUT2D eigenvalue weighted by molar-refractivity contribution is 7.83. The zero-order valence-electron chi connectivity index (χ0n) is 24.1. The van der Waals surface area contributed by atoms with Crippen molar-refractivity contribution in [1.29, 1.82) is 0 Å². The molecule has 0 aliphatic heterocycles. The predicted octanol–water partition coefficient (Wildman–Crippen LogP) is 3.66. The summed E-state index contributed by atoms with van der Waals surface area (Å²) in [5, 5.41) is 0.225. The fraction of sp³-hybridized carbons (Fsp3) is 0.355. The molecule has 2 aromatic heterocycles. The first-order valence-electron chi connectivity index (χ1n) is 13.3. The van der Waals surface area contributed by atoms with Crippen molar-refractivity contribution >= 4 is 27.5 Å². The van der Waals surface area contributed by atoms with E-state index in [-0.39, 0.29) is 46.7 Å². The van der Waals surface area contributed by atoms with Crippen LogP contribution < -0.4 is 16.8 Å². The Morgan fingerprint density at radius 1 is 1.02 bits per heavy atom. The Hall–Kier alpha value is -3.92. The molecule has 5 rings (SSSR count). The van der Waals surface area contributed by atoms with Gasteiger partial charge in [0.1, 0.15) is 11.6 Å². The Bertz CT molecular complexity index is 1880. The van der Waals surface area contributed by atoms with Crippen molar-refractivity contribution in [3.8, 4) is 5.69 Å². The first-order chi connectivity index (χ1) is 19.3. The average molecular weight is 580 g/mol. The number of carbonyl (C=O) groups excluding carboxylic acids is 1. The third-order valence-electron chi connectivity index (χ3n) is 7.06. The van der Waals surface area contributed by atoms with Crippen LogP contribution in [0.25, 0.3) is 16.6 Å². The lowest BCUT2D eigenvalue weighted by Gasteiger charge is -2.20. The van der Waals surface area contributed by atoms with Gasteiger partial charge in [0, 0.05) is 60.5 Å². The normalized spacial score (nSPS) is 12.9. The zero-order chi connectivity index (χ0) is 30.2. The van der Waals surface area contributed by atoms with Crippen LogP contribution in [0, 0.1) is 19.7 Å². The van der Waals surface area contributed by atoms with Gasteiger partial charge < -0.3 is 4.57 Å². The van der Waals surface area contributed by atoms with E-state index in [1.54, 1.807) is 69.8 Å². The number of benzene rings is 2. The summed E-state index contributed by atoms with van der Waals surface area (Å²) >= 11 is 0. The van der Waals surface area contributed by atoms with Crippen molar-refractivity contribution in [2.75, 3.05) is 12.5 Å². The monoisotopic (exact) mass is 579 g/mol. The Balaban J connectivity index is 0.000000909. The summed E-state index contributed by atoms with van der Waals surface area (Å²) in [6, 6.07) is 11.6. The summed E-state index contributed by atoms with van der Waals surface area (Å²) in [5.41, 5.74) is 1.75. The molecule has 10 heteroatoms. The van der Waals surface area contributed by atoms with Crippen molar-refractivity contribution in [3.05, 3.63) is 107 Å². The largest absolute Gasteiger partial charge is 0.336 e. The van der Waals surface area contributed by atoms with Gasteiger partial charge in [-0.05, 0) is 68.5 Å². The van der Waals surface area contributed by atoms with Crippen molar-refractivity contribution in [1.82, 2.24) is 13.7 Å². The fourth-order valence-corrected chi connectivity index (χ4v) is 5.05. The van der Waals surface area contributed by atoms with Gasteiger partial charge in [0.25, 0.3) is 11.1 Å². The second-order valence-corrected chi connectivity index (χ2v) is 12.2. The molecular formula is C31H34FN3O5S. The molecule has 1 aliphatic carbocycles. The molecule has 0 unspecified atom stereocenters. The number of hydrogen-bond acceptors (Lipinski definition) is 5. The maximum Gasteiger partial charge on any atom is 0.336 e. The molecule has 0 atom stereocenters. The lowest BCUT2D eigenvalue weighted by Crippen LogP contribution is -2.41. The van der Waals surface area contributed by atoms with Crippen LogP contribution in [-0.2, 0) is 35.5 Å². The third-order valence-corrected chi connectivity index (χ3v) is 7.06. The molecule has 1 fully saturated rings. The van der Waals surface area contributed by atoms with Gasteiger partial charge in [0.2, 0.25) is 0 Å². The molecular weight excluding hydrogens is 545 g/mol. The first kappa shape index (κ1) is 30.0. The van der Waals surface area contributed by atoms with Crippen molar-refractivity contribution in [2.45, 2.75) is 52.5 Å². The minimum atomic E-state index is -0.611. The Kier molecular flexibility index (Phi) is 8.72. The number of aromatic nitrogens is 3. The Labute approximate surface area is 239 Å². The number of aryl methyl sites for hydroxylation is 2. The molecule has 0 bridgehead atoms. The molecule has 2 aromatic carbocycles. The molecule has 1 saturated carbocycles. The number of ketones is 1. The second-order valence-electron chi connectivity index (χ2n) is 10.7. The van der Waals surface area contributed by atoms with E-state index in [4.69, 9.17) is 0 Å². The lowest BCUT2D eigenvalue weighted by molar-refractivity contribution is -0.116. The van der Waals surface area contributed by atoms with Gasteiger partial charge in [-0.15, -0.1) is 0 Å². The minimum Gasteiger partial charge on any atom is -0.314 e. The molecule has 216 valence electrons. The van der Waals surface area contributed by atoms with E-state index < -0.39 is 27.9 Å². The van der Waals surface area contributed by atoms with E-state index in [1.165, 1.54) is 26.7 Å². The van der Waals surface area contributed by atoms with Crippen LogP contribution in [0.15, 0.2) is 56.8 Å². The summed E-state index contributed by atoms with van der Waals surface area (Å²) in [4.78, 5) is 52.8. The van der Waals surface area contributed by atoms with Gasteiger partial charge >= 0.3 is 5.69 Å². The number of fused-ring (bicyclic) bond motifs is 1. The van der Waals surface area contributed by atoms with Crippen LogP contribution in [0.2, 0.25) is 0 Å². The smallest absolute Gasteiger partial charge is 0.314 e. The average Bonchev–Trinajstić information content (AvgIpc) is 3.71. The van der Waals surface area contributed by atoms with Gasteiger partial charge in [-0.1, -0.05) is 24.3 Å². The van der Waals surface area contributed by atoms with E-state index in [2.05, 4.69) is 0 Å². The molecule has 41 heavy (non-hydrogen) atoms. The van der Waals surface area contributed by atoms with E-state index in [0.717, 1.165) is 11.1 Å². The van der Waals surface area contributed by atoms with Crippen LogP contribution in [-0.4, -0.2) is 36.2 Å². The maximum absolute atomic E-state index is 14.9. The molecule has 4 aromatic rings. The van der Waals surface area contributed by atoms with E-state index in [0.29, 0.717) is 29.8 Å². The molecule has 2 heterocycles. The number of hydrogen-bond donors (Lipinski definition) is 0. The number of Topliss-reactive ketones (excluding diaryl/α,β-unsaturated/α-hetero) is 1. The summed E-state index contributed by atoms with van der Waals surface area (Å²) in [5.74, 6) is -0.446. The topological polar surface area (TPSA) is 100 Å². The standard InChI is InChI=1S/C29H28FN3O4.C2H6OS/c1-16-8-9-20(23(30)12-16)15-24-25-26(18(3)27(35)31(24)4)32(29(37)33(28(25)36)21-10-11-21)22-7-5-6-19(14-22)13-17(2)34;1-4(2)3/h5-9,12,14,21H,10-11,13,15H2,1-4H3;1-2H3. The van der Waals surface area contributed by atoms with Crippen LogP contribution in [0.3, 0.4) is 0 Å². The van der Waals surface area contributed by atoms with Gasteiger partial charge in [-0.25, -0.2) is 9.18 Å². The van der Waals surface area contributed by atoms with Crippen molar-refractivity contribution < 1.29 is 13.4 Å². The van der Waals surface area contributed by atoms with Crippen LogP contribution in [0.4, 0.5) is 4.39 Å².